The molecule has 2 heterocycles. The van der Waals surface area contributed by atoms with Crippen molar-refractivity contribution < 1.29 is 35.0 Å². The van der Waals surface area contributed by atoms with Crippen molar-refractivity contribution in [3.63, 3.8) is 0 Å². The van der Waals surface area contributed by atoms with E-state index in [0.29, 0.717) is 23.6 Å². The lowest BCUT2D eigenvalue weighted by Crippen LogP contribution is -2.65. The Labute approximate surface area is 179 Å². The van der Waals surface area contributed by atoms with Crippen LogP contribution >= 0.6 is 11.6 Å². The molecule has 0 aliphatic carbocycles. The monoisotopic (exact) mass is 436 g/mol. The quantitative estimate of drug-likeness (QED) is 0.469. The lowest BCUT2D eigenvalue weighted by Gasteiger charge is -2.47. The Morgan fingerprint density at radius 1 is 1.00 bits per heavy atom. The number of aliphatic hydroxyl groups is 5. The van der Waals surface area contributed by atoms with Crippen LogP contribution in [0.3, 0.4) is 0 Å². The molecule has 30 heavy (non-hydrogen) atoms. The van der Waals surface area contributed by atoms with Crippen LogP contribution in [0.25, 0.3) is 0 Å². The number of benzene rings is 2. The van der Waals surface area contributed by atoms with Gasteiger partial charge in [-0.05, 0) is 40.8 Å². The maximum absolute atomic E-state index is 10.5. The Kier molecular flexibility index (Phi) is 6.05. The van der Waals surface area contributed by atoms with Gasteiger partial charge < -0.3 is 35.0 Å². The number of rotatable bonds is 5. The SMILES string of the molecule is OCC1(CO)O[C@@H](c2ccc(Cl)c(Cc3ccc4c(c3)CCO4)c2)[C@H](O)[C@@H](O)[C@@H]1O. The molecule has 0 saturated carbocycles. The summed E-state index contributed by atoms with van der Waals surface area (Å²) in [6, 6.07) is 11.1. The fourth-order valence-corrected chi connectivity index (χ4v) is 4.31. The van der Waals surface area contributed by atoms with E-state index in [-0.39, 0.29) is 0 Å². The van der Waals surface area contributed by atoms with Gasteiger partial charge in [-0.3, -0.25) is 0 Å². The molecule has 4 atom stereocenters. The molecule has 1 saturated heterocycles. The predicted molar refractivity (Wildman–Crippen MR) is 109 cm³/mol. The van der Waals surface area contributed by atoms with E-state index in [1.165, 1.54) is 0 Å². The highest BCUT2D eigenvalue weighted by Crippen LogP contribution is 2.39. The number of ether oxygens (including phenoxy) is 2. The fraction of sp³-hybridized carbons (Fsp3) is 0.455. The maximum Gasteiger partial charge on any atom is 0.143 e. The van der Waals surface area contributed by atoms with Crippen LogP contribution in [0.4, 0.5) is 0 Å². The van der Waals surface area contributed by atoms with E-state index in [1.54, 1.807) is 18.2 Å². The molecule has 2 aromatic rings. The smallest absolute Gasteiger partial charge is 0.143 e. The predicted octanol–water partition coefficient (Wildman–Crippen LogP) is 0.743. The lowest BCUT2D eigenvalue weighted by atomic mass is 9.83. The van der Waals surface area contributed by atoms with Gasteiger partial charge in [-0.25, -0.2) is 0 Å². The summed E-state index contributed by atoms with van der Waals surface area (Å²) in [5, 5.41) is 50.9. The zero-order chi connectivity index (χ0) is 21.5. The van der Waals surface area contributed by atoms with Gasteiger partial charge in [0.2, 0.25) is 0 Å². The van der Waals surface area contributed by atoms with Gasteiger partial charge in [0.05, 0.1) is 19.8 Å². The lowest BCUT2D eigenvalue weighted by molar-refractivity contribution is -0.289. The molecule has 4 rings (SSSR count). The zero-order valence-corrected chi connectivity index (χ0v) is 17.0. The van der Waals surface area contributed by atoms with E-state index < -0.39 is 43.2 Å². The number of fused-ring (bicyclic) bond motifs is 1. The van der Waals surface area contributed by atoms with Crippen molar-refractivity contribution in [2.45, 2.75) is 42.9 Å². The van der Waals surface area contributed by atoms with Crippen LogP contribution in [0, 0.1) is 0 Å². The minimum Gasteiger partial charge on any atom is -0.493 e. The van der Waals surface area contributed by atoms with E-state index in [1.807, 2.05) is 12.1 Å². The summed E-state index contributed by atoms with van der Waals surface area (Å²) in [7, 11) is 0. The third kappa shape index (κ3) is 3.71. The summed E-state index contributed by atoms with van der Waals surface area (Å²) in [4.78, 5) is 0. The number of hydrogen-bond acceptors (Lipinski definition) is 7. The highest BCUT2D eigenvalue weighted by atomic mass is 35.5. The first-order valence-electron chi connectivity index (χ1n) is 9.85. The normalized spacial score (nSPS) is 27.5. The first kappa shape index (κ1) is 21.5. The summed E-state index contributed by atoms with van der Waals surface area (Å²) in [5.74, 6) is 0.897. The molecule has 2 aliphatic rings. The zero-order valence-electron chi connectivity index (χ0n) is 16.2. The first-order valence-corrected chi connectivity index (χ1v) is 10.2. The van der Waals surface area contributed by atoms with Crippen LogP contribution in [0.1, 0.15) is 28.4 Å². The minimum atomic E-state index is -1.79. The van der Waals surface area contributed by atoms with Gasteiger partial charge in [0, 0.05) is 11.4 Å². The van der Waals surface area contributed by atoms with E-state index in [0.717, 1.165) is 28.9 Å². The van der Waals surface area contributed by atoms with Crippen LogP contribution in [0.15, 0.2) is 36.4 Å². The molecule has 7 nitrogen and oxygen atoms in total. The third-order valence-corrected chi connectivity index (χ3v) is 6.34. The third-order valence-electron chi connectivity index (χ3n) is 5.97. The van der Waals surface area contributed by atoms with E-state index in [9.17, 15) is 25.5 Å². The van der Waals surface area contributed by atoms with E-state index in [2.05, 4.69) is 6.07 Å². The molecule has 0 spiro atoms. The molecule has 0 bridgehead atoms. The summed E-state index contributed by atoms with van der Waals surface area (Å²) in [6.45, 7) is -0.761. The summed E-state index contributed by atoms with van der Waals surface area (Å²) >= 11 is 6.40. The highest BCUT2D eigenvalue weighted by molar-refractivity contribution is 6.31. The standard InChI is InChI=1S/C22H25ClO7/c23-16-3-2-14(20-18(26)19(27)21(28)22(10-24,11-25)30-20)9-15(16)8-12-1-4-17-13(7-12)5-6-29-17/h1-4,7,9,18-21,24-28H,5-6,8,10-11H2/t18-,19-,20+,21+/m1/s1. The van der Waals surface area contributed by atoms with Gasteiger partial charge in [0.25, 0.3) is 0 Å². The van der Waals surface area contributed by atoms with Crippen molar-refractivity contribution in [1.29, 1.82) is 0 Å². The van der Waals surface area contributed by atoms with Crippen molar-refractivity contribution in [2.24, 2.45) is 0 Å². The van der Waals surface area contributed by atoms with Crippen molar-refractivity contribution in [1.82, 2.24) is 0 Å². The van der Waals surface area contributed by atoms with Gasteiger partial charge in [0.15, 0.2) is 0 Å². The van der Waals surface area contributed by atoms with Gasteiger partial charge in [-0.15, -0.1) is 0 Å². The van der Waals surface area contributed by atoms with Crippen molar-refractivity contribution in [3.8, 4) is 5.75 Å². The molecule has 162 valence electrons. The van der Waals surface area contributed by atoms with Crippen LogP contribution in [-0.4, -0.2) is 69.3 Å². The van der Waals surface area contributed by atoms with Gasteiger partial charge in [-0.2, -0.15) is 0 Å². The largest absolute Gasteiger partial charge is 0.493 e. The molecule has 2 aromatic carbocycles. The molecule has 1 fully saturated rings. The molecule has 0 amide bonds. The molecule has 0 aromatic heterocycles. The van der Waals surface area contributed by atoms with Crippen LogP contribution < -0.4 is 4.74 Å². The average molecular weight is 437 g/mol. The van der Waals surface area contributed by atoms with Gasteiger partial charge in [0.1, 0.15) is 35.8 Å². The average Bonchev–Trinajstić information content (AvgIpc) is 3.22. The second-order valence-electron chi connectivity index (χ2n) is 7.91. The molecule has 0 unspecified atom stereocenters. The van der Waals surface area contributed by atoms with Crippen molar-refractivity contribution in [3.05, 3.63) is 63.7 Å². The molecular weight excluding hydrogens is 412 g/mol. The number of hydrogen-bond donors (Lipinski definition) is 5. The molecule has 0 radical (unpaired) electrons. The maximum atomic E-state index is 10.5. The second-order valence-corrected chi connectivity index (χ2v) is 8.32. The van der Waals surface area contributed by atoms with Crippen LogP contribution in [-0.2, 0) is 17.6 Å². The fourth-order valence-electron chi connectivity index (χ4n) is 4.12. The second kappa shape index (κ2) is 8.43. The molecular formula is C22H25ClO7. The summed E-state index contributed by atoms with van der Waals surface area (Å²) in [5.41, 5.74) is 1.73. The summed E-state index contributed by atoms with van der Waals surface area (Å²) < 4.78 is 11.3. The number of aliphatic hydroxyl groups excluding tert-OH is 5. The van der Waals surface area contributed by atoms with Crippen LogP contribution in [0.5, 0.6) is 5.75 Å². The Morgan fingerprint density at radius 2 is 1.77 bits per heavy atom. The van der Waals surface area contributed by atoms with E-state index in [4.69, 9.17) is 21.1 Å². The first-order chi connectivity index (χ1) is 14.4. The Bertz CT molecular complexity index is 914. The van der Waals surface area contributed by atoms with Crippen molar-refractivity contribution >= 4 is 11.6 Å². The Hall–Kier alpha value is -1.71. The van der Waals surface area contributed by atoms with E-state index >= 15 is 0 Å². The topological polar surface area (TPSA) is 120 Å². The molecule has 8 heteroatoms. The Balaban J connectivity index is 1.63. The molecule has 5 N–H and O–H groups in total. The Morgan fingerprint density at radius 3 is 2.50 bits per heavy atom. The molecule has 2 aliphatic heterocycles. The van der Waals surface area contributed by atoms with Gasteiger partial charge in [-0.1, -0.05) is 35.9 Å². The number of halogens is 1. The van der Waals surface area contributed by atoms with Crippen LogP contribution in [0.2, 0.25) is 5.02 Å². The minimum absolute atomic E-state index is 0.517. The highest BCUT2D eigenvalue weighted by Gasteiger charge is 2.53. The van der Waals surface area contributed by atoms with Crippen molar-refractivity contribution in [2.75, 3.05) is 19.8 Å². The summed E-state index contributed by atoms with van der Waals surface area (Å²) in [6.07, 6.45) is -4.34. The van der Waals surface area contributed by atoms with Gasteiger partial charge >= 0.3 is 0 Å².